The maximum absolute atomic E-state index is 5.31. The predicted octanol–water partition coefficient (Wildman–Crippen LogP) is 2.30. The molecular formula is C10H14N2O. The van der Waals surface area contributed by atoms with Crippen LogP contribution in [0.1, 0.15) is 26.0 Å². The lowest BCUT2D eigenvalue weighted by Gasteiger charge is -2.16. The fourth-order valence-corrected chi connectivity index (χ4v) is 1.09. The first-order chi connectivity index (χ1) is 6.38. The van der Waals surface area contributed by atoms with E-state index in [1.807, 2.05) is 13.8 Å². The second-order valence-corrected chi connectivity index (χ2v) is 2.44. The van der Waals surface area contributed by atoms with E-state index >= 15 is 0 Å². The molecule has 0 N–H and O–H groups in total. The molecule has 1 aliphatic heterocycles. The van der Waals surface area contributed by atoms with E-state index in [2.05, 4.69) is 16.5 Å². The molecule has 0 bridgehead atoms. The fourth-order valence-electron chi connectivity index (χ4n) is 1.09. The number of hydrogen-bond donors (Lipinski definition) is 0. The standard InChI is InChI=1S/C8H8N2O.C2H6/c1-6-2-3-11-7-4-9-5-10-8(6)7;1-2/h4-5H,1-3H2;1-2H3. The Hall–Kier alpha value is -1.38. The summed E-state index contributed by atoms with van der Waals surface area (Å²) in [6.45, 7) is 8.58. The Morgan fingerprint density at radius 3 is 2.92 bits per heavy atom. The van der Waals surface area contributed by atoms with Gasteiger partial charge in [-0.05, 0) is 5.57 Å². The van der Waals surface area contributed by atoms with Crippen LogP contribution >= 0.6 is 0 Å². The quantitative estimate of drug-likeness (QED) is 0.611. The number of ether oxygens (including phenoxy) is 1. The molecule has 0 radical (unpaired) electrons. The van der Waals surface area contributed by atoms with Crippen LogP contribution in [0.25, 0.3) is 5.57 Å². The van der Waals surface area contributed by atoms with Crippen LogP contribution in [0.4, 0.5) is 0 Å². The summed E-state index contributed by atoms with van der Waals surface area (Å²) < 4.78 is 5.31. The Kier molecular flexibility index (Phi) is 3.43. The smallest absolute Gasteiger partial charge is 0.163 e. The monoisotopic (exact) mass is 178 g/mol. The lowest BCUT2D eigenvalue weighted by Crippen LogP contribution is -2.08. The highest BCUT2D eigenvalue weighted by Crippen LogP contribution is 2.27. The average Bonchev–Trinajstić information content (AvgIpc) is 2.22. The van der Waals surface area contributed by atoms with Crippen LogP contribution in [-0.4, -0.2) is 16.6 Å². The Balaban J connectivity index is 0.000000396. The minimum absolute atomic E-state index is 0.694. The summed E-state index contributed by atoms with van der Waals surface area (Å²) in [6, 6.07) is 0. The largest absolute Gasteiger partial charge is 0.489 e. The number of nitrogens with zero attached hydrogens (tertiary/aromatic N) is 2. The summed E-state index contributed by atoms with van der Waals surface area (Å²) in [4.78, 5) is 7.92. The Morgan fingerprint density at radius 1 is 1.46 bits per heavy atom. The van der Waals surface area contributed by atoms with Crippen molar-refractivity contribution in [2.45, 2.75) is 20.3 Å². The van der Waals surface area contributed by atoms with Gasteiger partial charge in [-0.1, -0.05) is 20.4 Å². The molecule has 0 aliphatic carbocycles. The van der Waals surface area contributed by atoms with Gasteiger partial charge in [0.05, 0.1) is 12.8 Å². The van der Waals surface area contributed by atoms with Gasteiger partial charge in [0.25, 0.3) is 0 Å². The first-order valence-corrected chi connectivity index (χ1v) is 4.49. The number of fused-ring (bicyclic) bond motifs is 1. The molecule has 0 saturated heterocycles. The molecule has 0 atom stereocenters. The third-order valence-electron chi connectivity index (χ3n) is 1.67. The summed E-state index contributed by atoms with van der Waals surface area (Å²) in [6.07, 6.45) is 4.05. The molecule has 0 amide bonds. The second-order valence-electron chi connectivity index (χ2n) is 2.44. The SMILES string of the molecule is C=C1CCOc2cncnc21.CC. The van der Waals surface area contributed by atoms with Crippen molar-refractivity contribution in [2.75, 3.05) is 6.61 Å². The molecule has 70 valence electrons. The van der Waals surface area contributed by atoms with Gasteiger partial charge in [-0.2, -0.15) is 0 Å². The van der Waals surface area contributed by atoms with Crippen molar-refractivity contribution in [3.63, 3.8) is 0 Å². The number of rotatable bonds is 0. The maximum Gasteiger partial charge on any atom is 0.163 e. The Bertz CT molecular complexity index is 297. The van der Waals surface area contributed by atoms with Crippen molar-refractivity contribution in [1.29, 1.82) is 0 Å². The van der Waals surface area contributed by atoms with Crippen molar-refractivity contribution >= 4 is 5.57 Å². The van der Waals surface area contributed by atoms with Gasteiger partial charge in [0.15, 0.2) is 5.75 Å². The highest BCUT2D eigenvalue weighted by molar-refractivity contribution is 5.66. The molecule has 1 aliphatic rings. The predicted molar refractivity (Wildman–Crippen MR) is 52.5 cm³/mol. The van der Waals surface area contributed by atoms with E-state index in [0.717, 1.165) is 23.4 Å². The van der Waals surface area contributed by atoms with Gasteiger partial charge in [0.2, 0.25) is 0 Å². The molecule has 0 aromatic carbocycles. The minimum Gasteiger partial charge on any atom is -0.489 e. The third kappa shape index (κ3) is 2.05. The molecular weight excluding hydrogens is 164 g/mol. The van der Waals surface area contributed by atoms with E-state index in [4.69, 9.17) is 4.74 Å². The highest BCUT2D eigenvalue weighted by Gasteiger charge is 2.13. The van der Waals surface area contributed by atoms with Crippen LogP contribution in [0.5, 0.6) is 5.75 Å². The Labute approximate surface area is 78.5 Å². The summed E-state index contributed by atoms with van der Waals surface area (Å²) in [7, 11) is 0. The van der Waals surface area contributed by atoms with Crippen LogP contribution in [0.15, 0.2) is 19.1 Å². The van der Waals surface area contributed by atoms with Gasteiger partial charge in [-0.15, -0.1) is 0 Å². The number of aromatic nitrogens is 2. The van der Waals surface area contributed by atoms with Crippen LogP contribution in [0.2, 0.25) is 0 Å². The van der Waals surface area contributed by atoms with Crippen molar-refractivity contribution in [1.82, 2.24) is 9.97 Å². The van der Waals surface area contributed by atoms with Gasteiger partial charge in [-0.25, -0.2) is 9.97 Å². The normalized spacial score (nSPS) is 13.5. The van der Waals surface area contributed by atoms with Crippen LogP contribution in [-0.2, 0) is 0 Å². The molecule has 2 heterocycles. The molecule has 0 unspecified atom stereocenters. The fraction of sp³-hybridized carbons (Fsp3) is 0.400. The van der Waals surface area contributed by atoms with Gasteiger partial charge in [0.1, 0.15) is 12.0 Å². The highest BCUT2D eigenvalue weighted by atomic mass is 16.5. The second kappa shape index (κ2) is 4.60. The Morgan fingerprint density at radius 2 is 2.23 bits per heavy atom. The molecule has 13 heavy (non-hydrogen) atoms. The first kappa shape index (κ1) is 9.71. The first-order valence-electron chi connectivity index (χ1n) is 4.49. The van der Waals surface area contributed by atoms with Crippen LogP contribution in [0.3, 0.4) is 0 Å². The van der Waals surface area contributed by atoms with Crippen LogP contribution < -0.4 is 4.74 Å². The van der Waals surface area contributed by atoms with E-state index < -0.39 is 0 Å². The third-order valence-corrected chi connectivity index (χ3v) is 1.67. The molecule has 2 rings (SSSR count). The summed E-state index contributed by atoms with van der Waals surface area (Å²) in [5, 5.41) is 0. The zero-order chi connectivity index (χ0) is 9.68. The van der Waals surface area contributed by atoms with E-state index in [0.29, 0.717) is 6.61 Å². The van der Waals surface area contributed by atoms with Gasteiger partial charge >= 0.3 is 0 Å². The van der Waals surface area contributed by atoms with Crippen molar-refractivity contribution in [3.05, 3.63) is 24.8 Å². The van der Waals surface area contributed by atoms with E-state index in [1.54, 1.807) is 6.20 Å². The minimum atomic E-state index is 0.694. The van der Waals surface area contributed by atoms with Crippen molar-refractivity contribution in [3.8, 4) is 5.75 Å². The summed E-state index contributed by atoms with van der Waals surface area (Å²) in [5.74, 6) is 0.753. The van der Waals surface area contributed by atoms with Gasteiger partial charge < -0.3 is 4.74 Å². The van der Waals surface area contributed by atoms with Crippen molar-refractivity contribution < 1.29 is 4.74 Å². The summed E-state index contributed by atoms with van der Waals surface area (Å²) >= 11 is 0. The molecule has 3 nitrogen and oxygen atoms in total. The van der Waals surface area contributed by atoms with E-state index in [9.17, 15) is 0 Å². The zero-order valence-corrected chi connectivity index (χ0v) is 8.08. The average molecular weight is 178 g/mol. The molecule has 0 fully saturated rings. The molecule has 1 aromatic heterocycles. The zero-order valence-electron chi connectivity index (χ0n) is 8.08. The van der Waals surface area contributed by atoms with E-state index in [-0.39, 0.29) is 0 Å². The molecule has 3 heteroatoms. The van der Waals surface area contributed by atoms with Crippen molar-refractivity contribution in [2.24, 2.45) is 0 Å². The lowest BCUT2D eigenvalue weighted by molar-refractivity contribution is 0.313. The lowest BCUT2D eigenvalue weighted by atomic mass is 10.1. The van der Waals surface area contributed by atoms with Gasteiger partial charge in [0, 0.05) is 6.42 Å². The van der Waals surface area contributed by atoms with Crippen LogP contribution in [0, 0.1) is 0 Å². The van der Waals surface area contributed by atoms with E-state index in [1.165, 1.54) is 6.33 Å². The molecule has 1 aromatic rings. The molecule has 0 saturated carbocycles. The summed E-state index contributed by atoms with van der Waals surface area (Å²) in [5.41, 5.74) is 1.89. The topological polar surface area (TPSA) is 35.0 Å². The van der Waals surface area contributed by atoms with Gasteiger partial charge in [-0.3, -0.25) is 0 Å². The number of hydrogen-bond acceptors (Lipinski definition) is 3. The maximum atomic E-state index is 5.31. The molecule has 0 spiro atoms.